The number of likely N-dealkylation sites (N-methyl/N-ethyl adjacent to an activating group) is 1. The second-order valence-corrected chi connectivity index (χ2v) is 7.04. The lowest BCUT2D eigenvalue weighted by Gasteiger charge is -2.09. The molecule has 0 bridgehead atoms. The van der Waals surface area contributed by atoms with Crippen molar-refractivity contribution in [2.75, 3.05) is 18.8 Å². The highest BCUT2D eigenvalue weighted by Gasteiger charge is 2.20. The zero-order valence-electron chi connectivity index (χ0n) is 13.3. The van der Waals surface area contributed by atoms with Crippen molar-refractivity contribution in [1.29, 1.82) is 0 Å². The highest BCUT2D eigenvalue weighted by Crippen LogP contribution is 2.13. The van der Waals surface area contributed by atoms with E-state index in [0.29, 0.717) is 0 Å². The van der Waals surface area contributed by atoms with E-state index in [0.717, 1.165) is 0 Å². The zero-order chi connectivity index (χ0) is 17.2. The number of rotatable bonds is 6. The molecule has 0 unspecified atom stereocenters. The van der Waals surface area contributed by atoms with Crippen molar-refractivity contribution in [3.05, 3.63) is 18.9 Å². The van der Waals surface area contributed by atoms with Crippen LogP contribution in [0.2, 0.25) is 0 Å². The molecule has 0 radical (unpaired) electrons. The van der Waals surface area contributed by atoms with Crippen molar-refractivity contribution in [2.24, 2.45) is 0 Å². The molecule has 2 aromatic rings. The topological polar surface area (TPSA) is 115 Å². The van der Waals surface area contributed by atoms with Gasteiger partial charge in [-0.05, 0) is 13.8 Å². The fourth-order valence-corrected chi connectivity index (χ4v) is 2.49. The molecule has 0 spiro atoms. The predicted molar refractivity (Wildman–Crippen MR) is 82.1 cm³/mol. The van der Waals surface area contributed by atoms with E-state index >= 15 is 0 Å². The maximum Gasteiger partial charge on any atom is 0.283 e. The number of carbonyl (C=O) groups is 1. The van der Waals surface area contributed by atoms with Gasteiger partial charge in [0.2, 0.25) is 5.91 Å². The summed E-state index contributed by atoms with van der Waals surface area (Å²) in [6.07, 6.45) is 4.16. The van der Waals surface area contributed by atoms with E-state index in [1.54, 1.807) is 18.7 Å². The standard InChI is InChI=1S/C12H19N7O3S/c1-9(2)18-5-10(13-7-18)23(21,22)16-12-14-8-19(15-12)6-11(20)17(3)4/h5,7-9H,6H2,1-4H3,(H,15,16). The van der Waals surface area contributed by atoms with Crippen molar-refractivity contribution in [2.45, 2.75) is 31.5 Å². The van der Waals surface area contributed by atoms with Crippen LogP contribution in [0.15, 0.2) is 23.9 Å². The van der Waals surface area contributed by atoms with E-state index in [9.17, 15) is 13.2 Å². The van der Waals surface area contributed by atoms with E-state index < -0.39 is 10.0 Å². The van der Waals surface area contributed by atoms with E-state index in [2.05, 4.69) is 19.8 Å². The number of anilines is 1. The average molecular weight is 341 g/mol. The fraction of sp³-hybridized carbons (Fsp3) is 0.500. The van der Waals surface area contributed by atoms with Gasteiger partial charge in [0, 0.05) is 26.3 Å². The van der Waals surface area contributed by atoms with E-state index in [1.807, 2.05) is 13.8 Å². The number of amides is 1. The summed E-state index contributed by atoms with van der Waals surface area (Å²) in [5.41, 5.74) is 0. The van der Waals surface area contributed by atoms with Crippen LogP contribution >= 0.6 is 0 Å². The Bertz CT molecular complexity index is 791. The van der Waals surface area contributed by atoms with Crippen LogP contribution in [-0.4, -0.2) is 57.6 Å². The van der Waals surface area contributed by atoms with Crippen molar-refractivity contribution in [1.82, 2.24) is 29.2 Å². The molecule has 0 saturated heterocycles. The van der Waals surface area contributed by atoms with Gasteiger partial charge >= 0.3 is 0 Å². The van der Waals surface area contributed by atoms with Gasteiger partial charge in [-0.3, -0.25) is 4.79 Å². The Labute approximate surface area is 134 Å². The van der Waals surface area contributed by atoms with Crippen molar-refractivity contribution < 1.29 is 13.2 Å². The van der Waals surface area contributed by atoms with Crippen molar-refractivity contribution in [3.63, 3.8) is 0 Å². The van der Waals surface area contributed by atoms with Gasteiger partial charge in [-0.2, -0.15) is 13.4 Å². The van der Waals surface area contributed by atoms with E-state index in [1.165, 1.54) is 28.4 Å². The third-order valence-corrected chi connectivity index (χ3v) is 4.22. The summed E-state index contributed by atoms with van der Waals surface area (Å²) in [7, 11) is -0.635. The highest BCUT2D eigenvalue weighted by molar-refractivity contribution is 7.92. The smallest absolute Gasteiger partial charge is 0.283 e. The van der Waals surface area contributed by atoms with Gasteiger partial charge in [0.05, 0.1) is 6.33 Å². The predicted octanol–water partition coefficient (Wildman–Crippen LogP) is -0.0555. The molecule has 10 nitrogen and oxygen atoms in total. The largest absolute Gasteiger partial charge is 0.347 e. The van der Waals surface area contributed by atoms with Gasteiger partial charge in [-0.15, -0.1) is 5.10 Å². The molecule has 0 fully saturated rings. The van der Waals surface area contributed by atoms with Crippen LogP contribution in [0.1, 0.15) is 19.9 Å². The monoisotopic (exact) mass is 341 g/mol. The Kier molecular flexibility index (Phi) is 4.68. The number of imidazole rings is 1. The summed E-state index contributed by atoms with van der Waals surface area (Å²) in [5.74, 6) is -0.296. The normalized spacial score (nSPS) is 11.7. The van der Waals surface area contributed by atoms with Crippen LogP contribution in [0.25, 0.3) is 0 Å². The number of nitrogens with one attached hydrogen (secondary N) is 1. The van der Waals surface area contributed by atoms with Gasteiger partial charge in [0.15, 0.2) is 5.03 Å². The Morgan fingerprint density at radius 1 is 1.30 bits per heavy atom. The molecule has 2 aromatic heterocycles. The quantitative estimate of drug-likeness (QED) is 0.787. The van der Waals surface area contributed by atoms with Crippen molar-refractivity contribution >= 4 is 21.9 Å². The molecular formula is C12H19N7O3S. The molecule has 126 valence electrons. The third kappa shape index (κ3) is 4.06. The van der Waals surface area contributed by atoms with Crippen LogP contribution in [0.3, 0.4) is 0 Å². The first kappa shape index (κ1) is 16.9. The van der Waals surface area contributed by atoms with Crippen LogP contribution in [0, 0.1) is 0 Å². The molecule has 1 N–H and O–H groups in total. The second-order valence-electron chi connectivity index (χ2n) is 5.41. The maximum absolute atomic E-state index is 12.2. The lowest BCUT2D eigenvalue weighted by atomic mass is 10.4. The molecule has 0 atom stereocenters. The lowest BCUT2D eigenvalue weighted by Crippen LogP contribution is -2.26. The molecule has 0 aliphatic rings. The van der Waals surface area contributed by atoms with Gasteiger partial charge in [0.1, 0.15) is 12.9 Å². The van der Waals surface area contributed by atoms with Crippen LogP contribution < -0.4 is 4.72 Å². The minimum Gasteiger partial charge on any atom is -0.347 e. The number of hydrogen-bond acceptors (Lipinski definition) is 6. The Morgan fingerprint density at radius 2 is 2.00 bits per heavy atom. The van der Waals surface area contributed by atoms with Gasteiger partial charge in [-0.1, -0.05) is 0 Å². The van der Waals surface area contributed by atoms with Crippen LogP contribution in [0.4, 0.5) is 5.95 Å². The number of carbonyl (C=O) groups excluding carboxylic acids is 1. The summed E-state index contributed by atoms with van der Waals surface area (Å²) in [5, 5.41) is 3.80. The third-order valence-electron chi connectivity index (χ3n) is 3.01. The maximum atomic E-state index is 12.2. The Morgan fingerprint density at radius 3 is 2.57 bits per heavy atom. The van der Waals surface area contributed by atoms with Crippen LogP contribution in [0.5, 0.6) is 0 Å². The van der Waals surface area contributed by atoms with Gasteiger partial charge < -0.3 is 9.47 Å². The first-order chi connectivity index (χ1) is 10.7. The minimum absolute atomic E-state index is 0.0241. The minimum atomic E-state index is -3.87. The van der Waals surface area contributed by atoms with Crippen LogP contribution in [-0.2, 0) is 21.4 Å². The summed E-state index contributed by atoms with van der Waals surface area (Å²) < 4.78 is 29.6. The molecule has 0 saturated carbocycles. The fourth-order valence-electron chi connectivity index (χ4n) is 1.61. The number of aromatic nitrogens is 5. The average Bonchev–Trinajstić information content (AvgIpc) is 3.07. The Hall–Kier alpha value is -2.43. The summed E-state index contributed by atoms with van der Waals surface area (Å²) in [6, 6.07) is 0.0980. The summed E-state index contributed by atoms with van der Waals surface area (Å²) in [6.45, 7) is 3.80. The molecule has 2 rings (SSSR count). The molecule has 11 heteroatoms. The second kappa shape index (κ2) is 6.36. The molecule has 23 heavy (non-hydrogen) atoms. The van der Waals surface area contributed by atoms with E-state index in [-0.39, 0.29) is 29.5 Å². The number of sulfonamides is 1. The van der Waals surface area contributed by atoms with Gasteiger partial charge in [-0.25, -0.2) is 14.4 Å². The first-order valence-electron chi connectivity index (χ1n) is 6.85. The zero-order valence-corrected chi connectivity index (χ0v) is 14.1. The molecule has 1 amide bonds. The molecule has 2 heterocycles. The Balaban J connectivity index is 2.11. The molecular weight excluding hydrogens is 322 g/mol. The van der Waals surface area contributed by atoms with E-state index in [4.69, 9.17) is 0 Å². The summed E-state index contributed by atoms with van der Waals surface area (Å²) in [4.78, 5) is 20.7. The number of hydrogen-bond donors (Lipinski definition) is 1. The van der Waals surface area contributed by atoms with Gasteiger partial charge in [0.25, 0.3) is 16.0 Å². The number of nitrogens with zero attached hydrogens (tertiary/aromatic N) is 6. The SMILES string of the molecule is CC(C)n1cnc(S(=O)(=O)Nc2ncn(CC(=O)N(C)C)n2)c1. The highest BCUT2D eigenvalue weighted by atomic mass is 32.2. The van der Waals surface area contributed by atoms with Crippen molar-refractivity contribution in [3.8, 4) is 0 Å². The molecule has 0 aromatic carbocycles. The molecule has 0 aliphatic carbocycles. The molecule has 0 aliphatic heterocycles. The first-order valence-corrected chi connectivity index (χ1v) is 8.33. The summed E-state index contributed by atoms with van der Waals surface area (Å²) >= 11 is 0. The lowest BCUT2D eigenvalue weighted by molar-refractivity contribution is -0.129.